The first-order valence-electron chi connectivity index (χ1n) is 8.55. The Morgan fingerprint density at radius 2 is 1.70 bits per heavy atom. The van der Waals surface area contributed by atoms with Crippen LogP contribution in [0.5, 0.6) is 0 Å². The summed E-state index contributed by atoms with van der Waals surface area (Å²) in [7, 11) is 0. The first-order chi connectivity index (χ1) is 14.3. The van der Waals surface area contributed by atoms with Crippen molar-refractivity contribution in [3.05, 3.63) is 76.4 Å². The summed E-state index contributed by atoms with van der Waals surface area (Å²) in [5, 5.41) is 5.31. The van der Waals surface area contributed by atoms with Crippen LogP contribution in [-0.4, -0.2) is 20.9 Å². The van der Waals surface area contributed by atoms with Gasteiger partial charge in [0.2, 0.25) is 0 Å². The Labute approximate surface area is 177 Å². The van der Waals surface area contributed by atoms with Crippen molar-refractivity contribution in [1.82, 2.24) is 15.0 Å². The van der Waals surface area contributed by atoms with Gasteiger partial charge in [-0.2, -0.15) is 13.2 Å². The van der Waals surface area contributed by atoms with Crippen LogP contribution in [0.1, 0.15) is 16.1 Å². The van der Waals surface area contributed by atoms with Gasteiger partial charge in [-0.15, -0.1) is 11.3 Å². The van der Waals surface area contributed by atoms with Gasteiger partial charge in [0.15, 0.2) is 10.8 Å². The molecular formula is C20H12ClF3N4OS. The third kappa shape index (κ3) is 4.22. The van der Waals surface area contributed by atoms with Gasteiger partial charge in [0.1, 0.15) is 5.82 Å². The van der Waals surface area contributed by atoms with Crippen molar-refractivity contribution in [2.75, 3.05) is 5.32 Å². The van der Waals surface area contributed by atoms with E-state index in [1.165, 1.54) is 23.5 Å². The number of aromatic nitrogens is 3. The molecule has 2 heterocycles. The molecule has 0 aliphatic carbocycles. The number of benzene rings is 2. The molecule has 0 bridgehead atoms. The Balaban J connectivity index is 1.75. The van der Waals surface area contributed by atoms with Gasteiger partial charge >= 0.3 is 6.18 Å². The van der Waals surface area contributed by atoms with Crippen molar-refractivity contribution < 1.29 is 18.0 Å². The van der Waals surface area contributed by atoms with Crippen LogP contribution in [0.4, 0.5) is 18.3 Å². The normalized spacial score (nSPS) is 11.5. The second-order valence-corrected chi connectivity index (χ2v) is 7.51. The lowest BCUT2D eigenvalue weighted by Gasteiger charge is -2.06. The molecule has 2 N–H and O–H groups in total. The number of nitrogens with zero attached hydrogens (tertiary/aromatic N) is 2. The largest absolute Gasteiger partial charge is 0.416 e. The number of hydrogen-bond donors (Lipinski definition) is 2. The number of imidazole rings is 1. The highest BCUT2D eigenvalue weighted by Gasteiger charge is 2.30. The molecule has 0 aliphatic rings. The van der Waals surface area contributed by atoms with Crippen LogP contribution in [0.25, 0.3) is 22.6 Å². The predicted octanol–water partition coefficient (Wildman–Crippen LogP) is 6.12. The Kier molecular flexibility index (Phi) is 5.31. The first kappa shape index (κ1) is 20.1. The van der Waals surface area contributed by atoms with E-state index in [1.54, 1.807) is 35.8 Å². The lowest BCUT2D eigenvalue weighted by atomic mass is 10.1. The monoisotopic (exact) mass is 448 g/mol. The Hall–Kier alpha value is -3.17. The number of carbonyl (C=O) groups is 1. The summed E-state index contributed by atoms with van der Waals surface area (Å²) in [5.41, 5.74) is 0.788. The molecule has 2 aromatic heterocycles. The molecule has 4 rings (SSSR count). The molecule has 0 atom stereocenters. The number of anilines is 1. The number of amides is 1. The van der Waals surface area contributed by atoms with E-state index in [0.717, 1.165) is 12.1 Å². The zero-order valence-electron chi connectivity index (χ0n) is 15.0. The van der Waals surface area contributed by atoms with E-state index in [2.05, 4.69) is 20.3 Å². The predicted molar refractivity (Wildman–Crippen MR) is 110 cm³/mol. The van der Waals surface area contributed by atoms with E-state index in [9.17, 15) is 18.0 Å². The molecule has 0 fully saturated rings. The molecule has 0 saturated carbocycles. The summed E-state index contributed by atoms with van der Waals surface area (Å²) >= 11 is 7.20. The number of hydrogen-bond acceptors (Lipinski definition) is 4. The molecule has 1 amide bonds. The maximum absolute atomic E-state index is 12.8. The average molecular weight is 449 g/mol. The van der Waals surface area contributed by atoms with Crippen LogP contribution in [0.15, 0.2) is 60.1 Å². The zero-order chi connectivity index (χ0) is 21.3. The third-order valence-corrected chi connectivity index (χ3v) is 5.13. The summed E-state index contributed by atoms with van der Waals surface area (Å²) < 4.78 is 38.5. The SMILES string of the molecule is O=C(Nc1nccs1)c1nc(-c2ccc(C(F)(F)F)cc2)[nH]c1-c1ccc(Cl)cc1. The second-order valence-electron chi connectivity index (χ2n) is 6.18. The van der Waals surface area contributed by atoms with Crippen molar-refractivity contribution in [2.45, 2.75) is 6.18 Å². The molecule has 30 heavy (non-hydrogen) atoms. The smallest absolute Gasteiger partial charge is 0.337 e. The summed E-state index contributed by atoms with van der Waals surface area (Å²) in [4.78, 5) is 24.2. The van der Waals surface area contributed by atoms with E-state index >= 15 is 0 Å². The number of H-pyrrole nitrogens is 1. The Morgan fingerprint density at radius 1 is 1.03 bits per heavy atom. The molecule has 5 nitrogen and oxygen atoms in total. The van der Waals surface area contributed by atoms with Gasteiger partial charge in [0.25, 0.3) is 5.91 Å². The van der Waals surface area contributed by atoms with Gasteiger partial charge in [0, 0.05) is 27.7 Å². The highest BCUT2D eigenvalue weighted by Crippen LogP contribution is 2.32. The quantitative estimate of drug-likeness (QED) is 0.395. The molecule has 0 unspecified atom stereocenters. The van der Waals surface area contributed by atoms with E-state index < -0.39 is 17.6 Å². The first-order valence-corrected chi connectivity index (χ1v) is 9.81. The Morgan fingerprint density at radius 3 is 2.30 bits per heavy atom. The summed E-state index contributed by atoms with van der Waals surface area (Å²) in [6, 6.07) is 11.3. The minimum atomic E-state index is -4.44. The lowest BCUT2D eigenvalue weighted by molar-refractivity contribution is -0.137. The number of nitrogens with one attached hydrogen (secondary N) is 2. The molecule has 10 heteroatoms. The highest BCUT2D eigenvalue weighted by atomic mass is 35.5. The van der Waals surface area contributed by atoms with E-state index in [-0.39, 0.29) is 11.5 Å². The maximum Gasteiger partial charge on any atom is 0.416 e. The van der Waals surface area contributed by atoms with Crippen LogP contribution < -0.4 is 5.32 Å². The third-order valence-electron chi connectivity index (χ3n) is 4.19. The van der Waals surface area contributed by atoms with Crippen LogP contribution in [0, 0.1) is 0 Å². The Bertz CT molecular complexity index is 1170. The van der Waals surface area contributed by atoms with E-state index in [4.69, 9.17) is 11.6 Å². The summed E-state index contributed by atoms with van der Waals surface area (Å²) in [6.07, 6.45) is -2.88. The number of aromatic amines is 1. The molecule has 2 aromatic carbocycles. The van der Waals surface area contributed by atoms with Crippen molar-refractivity contribution in [3.8, 4) is 22.6 Å². The fourth-order valence-electron chi connectivity index (χ4n) is 2.76. The fraction of sp³-hybridized carbons (Fsp3) is 0.0500. The van der Waals surface area contributed by atoms with E-state index in [1.807, 2.05) is 0 Å². The number of halogens is 4. The van der Waals surface area contributed by atoms with Gasteiger partial charge in [-0.05, 0) is 24.3 Å². The second kappa shape index (κ2) is 7.92. The van der Waals surface area contributed by atoms with Crippen LogP contribution in [0.3, 0.4) is 0 Å². The van der Waals surface area contributed by atoms with Crippen molar-refractivity contribution in [3.63, 3.8) is 0 Å². The summed E-state index contributed by atoms with van der Waals surface area (Å²) in [5.74, 6) is -0.234. The van der Waals surface area contributed by atoms with Gasteiger partial charge in [-0.3, -0.25) is 10.1 Å². The number of rotatable bonds is 4. The van der Waals surface area contributed by atoms with Crippen LogP contribution in [0.2, 0.25) is 5.02 Å². The standard InChI is InChI=1S/C20H12ClF3N4OS/c21-14-7-3-11(4-8-14)15-16(18(29)28-19-25-9-10-30-19)27-17(26-15)12-1-5-13(6-2-12)20(22,23)24/h1-10H,(H,26,27)(H,25,28,29). The summed E-state index contributed by atoms with van der Waals surface area (Å²) in [6.45, 7) is 0. The molecule has 4 aromatic rings. The van der Waals surface area contributed by atoms with Gasteiger partial charge in [0.05, 0.1) is 11.3 Å². The number of carbonyl (C=O) groups excluding carboxylic acids is 1. The van der Waals surface area contributed by atoms with Crippen LogP contribution >= 0.6 is 22.9 Å². The van der Waals surface area contributed by atoms with Crippen molar-refractivity contribution in [1.29, 1.82) is 0 Å². The zero-order valence-corrected chi connectivity index (χ0v) is 16.6. The van der Waals surface area contributed by atoms with Crippen molar-refractivity contribution in [2.24, 2.45) is 0 Å². The lowest BCUT2D eigenvalue weighted by Crippen LogP contribution is -2.13. The van der Waals surface area contributed by atoms with Gasteiger partial charge in [-0.1, -0.05) is 35.9 Å². The molecule has 0 aliphatic heterocycles. The fourth-order valence-corrected chi connectivity index (χ4v) is 3.41. The highest BCUT2D eigenvalue weighted by molar-refractivity contribution is 7.13. The molecular weight excluding hydrogens is 437 g/mol. The molecule has 0 spiro atoms. The average Bonchev–Trinajstić information content (AvgIpc) is 3.38. The molecule has 0 saturated heterocycles. The minimum Gasteiger partial charge on any atom is -0.337 e. The number of thiazole rings is 1. The molecule has 152 valence electrons. The topological polar surface area (TPSA) is 70.7 Å². The van der Waals surface area contributed by atoms with E-state index in [0.29, 0.717) is 27.0 Å². The minimum absolute atomic E-state index is 0.0856. The van der Waals surface area contributed by atoms with Gasteiger partial charge in [-0.25, -0.2) is 9.97 Å². The molecule has 0 radical (unpaired) electrons. The maximum atomic E-state index is 12.8. The van der Waals surface area contributed by atoms with Crippen molar-refractivity contribution >= 4 is 34.0 Å². The van der Waals surface area contributed by atoms with Crippen LogP contribution in [-0.2, 0) is 6.18 Å². The van der Waals surface area contributed by atoms with Gasteiger partial charge < -0.3 is 4.98 Å². The number of alkyl halides is 3.